The molecule has 0 fully saturated rings. The number of aromatic nitrogens is 4. The smallest absolute Gasteiger partial charge is 0.323 e. The number of aryl methyl sites for hydroxylation is 2. The number of rotatable bonds is 6. The van der Waals surface area contributed by atoms with E-state index in [2.05, 4.69) is 31.2 Å². The second kappa shape index (κ2) is 9.17. The van der Waals surface area contributed by atoms with Crippen LogP contribution in [0.5, 0.6) is 5.75 Å². The van der Waals surface area contributed by atoms with E-state index >= 15 is 0 Å². The number of hydrogen-bond donors (Lipinski definition) is 3. The van der Waals surface area contributed by atoms with Gasteiger partial charge in [0.2, 0.25) is 0 Å². The Balaban J connectivity index is 1.34. The maximum atomic E-state index is 12.2. The Kier molecular flexibility index (Phi) is 5.98. The SMILES string of the molecule is COc1ccc(NC(=O)Nc2ccc(Nc3ccc(-n4nc(C)cc4C)nn3)cc2)cc1. The number of nitrogens with zero attached hydrogens (tertiary/aromatic N) is 4. The first-order valence-electron chi connectivity index (χ1n) is 9.97. The standard InChI is InChI=1S/C23H23N7O2/c1-15-14-16(2)30(29-15)22-13-12-21(27-28-22)24-17-4-6-18(7-5-17)25-23(31)26-19-8-10-20(32-3)11-9-19/h4-14H,1-3H3,(H,24,27)(H2,25,26,31). The fourth-order valence-corrected chi connectivity index (χ4v) is 3.12. The topological polar surface area (TPSA) is 106 Å². The van der Waals surface area contributed by atoms with Crippen molar-refractivity contribution in [2.24, 2.45) is 0 Å². The van der Waals surface area contributed by atoms with E-state index in [9.17, 15) is 4.79 Å². The number of carbonyl (C=O) groups excluding carboxylic acids is 1. The number of methoxy groups -OCH3 is 1. The monoisotopic (exact) mass is 429 g/mol. The van der Waals surface area contributed by atoms with Gasteiger partial charge in [0.1, 0.15) is 5.75 Å². The van der Waals surface area contributed by atoms with Gasteiger partial charge in [-0.1, -0.05) is 0 Å². The number of nitrogens with one attached hydrogen (secondary N) is 3. The van der Waals surface area contributed by atoms with Crippen LogP contribution in [0.4, 0.5) is 27.7 Å². The van der Waals surface area contributed by atoms with Gasteiger partial charge in [-0.05, 0) is 80.6 Å². The highest BCUT2D eigenvalue weighted by molar-refractivity contribution is 5.99. The molecule has 0 unspecified atom stereocenters. The van der Waals surface area contributed by atoms with Gasteiger partial charge in [-0.2, -0.15) is 5.10 Å². The fraction of sp³-hybridized carbons (Fsp3) is 0.130. The van der Waals surface area contributed by atoms with Crippen LogP contribution >= 0.6 is 0 Å². The van der Waals surface area contributed by atoms with Crippen LogP contribution in [-0.4, -0.2) is 33.1 Å². The summed E-state index contributed by atoms with van der Waals surface area (Å²) in [6.45, 7) is 3.91. The van der Waals surface area contributed by atoms with Crippen molar-refractivity contribution in [2.75, 3.05) is 23.1 Å². The number of ether oxygens (including phenoxy) is 1. The van der Waals surface area contributed by atoms with E-state index in [4.69, 9.17) is 4.74 Å². The van der Waals surface area contributed by atoms with Crippen molar-refractivity contribution in [3.05, 3.63) is 78.1 Å². The average Bonchev–Trinajstić information content (AvgIpc) is 3.14. The second-order valence-corrected chi connectivity index (χ2v) is 7.13. The molecule has 0 aliphatic carbocycles. The quantitative estimate of drug-likeness (QED) is 0.411. The van der Waals surface area contributed by atoms with Gasteiger partial charge in [0.15, 0.2) is 11.6 Å². The molecule has 162 valence electrons. The van der Waals surface area contributed by atoms with Crippen LogP contribution < -0.4 is 20.7 Å². The maximum Gasteiger partial charge on any atom is 0.323 e. The fourth-order valence-electron chi connectivity index (χ4n) is 3.12. The number of benzene rings is 2. The molecule has 2 aromatic carbocycles. The molecule has 0 saturated heterocycles. The molecule has 2 aromatic heterocycles. The van der Waals surface area contributed by atoms with Crippen LogP contribution in [0.15, 0.2) is 66.7 Å². The molecule has 32 heavy (non-hydrogen) atoms. The minimum Gasteiger partial charge on any atom is -0.497 e. The highest BCUT2D eigenvalue weighted by Crippen LogP contribution is 2.19. The summed E-state index contributed by atoms with van der Waals surface area (Å²) in [6, 6.07) is 19.7. The van der Waals surface area contributed by atoms with E-state index in [1.807, 2.05) is 44.2 Å². The lowest BCUT2D eigenvalue weighted by Gasteiger charge is -2.10. The van der Waals surface area contributed by atoms with Crippen molar-refractivity contribution in [1.82, 2.24) is 20.0 Å². The van der Waals surface area contributed by atoms with Gasteiger partial charge in [0.05, 0.1) is 12.8 Å². The zero-order valence-electron chi connectivity index (χ0n) is 18.0. The van der Waals surface area contributed by atoms with E-state index < -0.39 is 0 Å². The van der Waals surface area contributed by atoms with E-state index in [1.54, 1.807) is 48.2 Å². The molecule has 9 nitrogen and oxygen atoms in total. The molecule has 4 rings (SSSR count). The summed E-state index contributed by atoms with van der Waals surface area (Å²) in [5.41, 5.74) is 4.07. The number of amides is 2. The van der Waals surface area contributed by atoms with Crippen LogP contribution in [0.3, 0.4) is 0 Å². The molecule has 9 heteroatoms. The lowest BCUT2D eigenvalue weighted by Crippen LogP contribution is -2.19. The Morgan fingerprint density at radius 3 is 2.00 bits per heavy atom. The Morgan fingerprint density at radius 2 is 1.47 bits per heavy atom. The third-order valence-electron chi connectivity index (χ3n) is 4.64. The van der Waals surface area contributed by atoms with Gasteiger partial charge in [-0.15, -0.1) is 10.2 Å². The summed E-state index contributed by atoms with van der Waals surface area (Å²) < 4.78 is 6.86. The molecule has 0 aliphatic rings. The van der Waals surface area contributed by atoms with Crippen molar-refractivity contribution >= 4 is 28.9 Å². The van der Waals surface area contributed by atoms with E-state index in [-0.39, 0.29) is 6.03 Å². The van der Waals surface area contributed by atoms with E-state index in [0.717, 1.165) is 22.8 Å². The highest BCUT2D eigenvalue weighted by Gasteiger charge is 2.07. The number of carbonyl (C=O) groups is 1. The minimum atomic E-state index is -0.332. The van der Waals surface area contributed by atoms with Crippen molar-refractivity contribution in [1.29, 1.82) is 0 Å². The Hall–Kier alpha value is -4.40. The first-order valence-corrected chi connectivity index (χ1v) is 9.97. The molecule has 3 N–H and O–H groups in total. The maximum absolute atomic E-state index is 12.2. The molecule has 2 amide bonds. The predicted molar refractivity (Wildman–Crippen MR) is 124 cm³/mol. The van der Waals surface area contributed by atoms with Gasteiger partial charge >= 0.3 is 6.03 Å². The lowest BCUT2D eigenvalue weighted by atomic mass is 10.2. The van der Waals surface area contributed by atoms with Gasteiger partial charge in [0.25, 0.3) is 0 Å². The normalized spacial score (nSPS) is 10.5. The number of anilines is 4. The predicted octanol–water partition coefficient (Wildman–Crippen LogP) is 4.68. The minimum absolute atomic E-state index is 0.332. The van der Waals surface area contributed by atoms with Crippen molar-refractivity contribution in [3.63, 3.8) is 0 Å². The van der Waals surface area contributed by atoms with Gasteiger partial charge in [-0.25, -0.2) is 9.48 Å². The van der Waals surface area contributed by atoms with Crippen molar-refractivity contribution in [2.45, 2.75) is 13.8 Å². The zero-order valence-corrected chi connectivity index (χ0v) is 18.0. The molecule has 4 aromatic rings. The molecule has 2 heterocycles. The largest absolute Gasteiger partial charge is 0.497 e. The second-order valence-electron chi connectivity index (χ2n) is 7.13. The summed E-state index contributed by atoms with van der Waals surface area (Å²) in [5, 5.41) is 21.6. The Labute approximate surface area is 185 Å². The summed E-state index contributed by atoms with van der Waals surface area (Å²) in [7, 11) is 1.60. The van der Waals surface area contributed by atoms with Crippen molar-refractivity contribution < 1.29 is 9.53 Å². The molecule has 0 saturated carbocycles. The molecule has 0 atom stereocenters. The van der Waals surface area contributed by atoms with Gasteiger partial charge in [-0.3, -0.25) is 0 Å². The van der Waals surface area contributed by atoms with Gasteiger partial charge in [0, 0.05) is 22.8 Å². The Bertz CT molecular complexity index is 1200. The molecule has 0 spiro atoms. The van der Waals surface area contributed by atoms with Crippen LogP contribution in [0.25, 0.3) is 5.82 Å². The number of urea groups is 1. The number of hydrogen-bond acceptors (Lipinski definition) is 6. The highest BCUT2D eigenvalue weighted by atomic mass is 16.5. The summed E-state index contributed by atoms with van der Waals surface area (Å²) in [4.78, 5) is 12.2. The third kappa shape index (κ3) is 5.01. The summed E-state index contributed by atoms with van der Waals surface area (Å²) in [6.07, 6.45) is 0. The van der Waals surface area contributed by atoms with Crippen LogP contribution in [0.2, 0.25) is 0 Å². The van der Waals surface area contributed by atoms with Crippen LogP contribution in [-0.2, 0) is 0 Å². The molecule has 0 aliphatic heterocycles. The van der Waals surface area contributed by atoms with E-state index in [1.165, 1.54) is 0 Å². The lowest BCUT2D eigenvalue weighted by molar-refractivity contribution is 0.262. The molecular formula is C23H23N7O2. The first kappa shape index (κ1) is 20.9. The molecule has 0 bridgehead atoms. The molecular weight excluding hydrogens is 406 g/mol. The molecule has 0 radical (unpaired) electrons. The summed E-state index contributed by atoms with van der Waals surface area (Å²) >= 11 is 0. The Morgan fingerprint density at radius 1 is 0.844 bits per heavy atom. The average molecular weight is 429 g/mol. The van der Waals surface area contributed by atoms with E-state index in [0.29, 0.717) is 23.0 Å². The third-order valence-corrected chi connectivity index (χ3v) is 4.64. The first-order chi connectivity index (χ1) is 15.5. The van der Waals surface area contributed by atoms with Crippen LogP contribution in [0, 0.1) is 13.8 Å². The summed E-state index contributed by atoms with van der Waals surface area (Å²) in [5.74, 6) is 1.99. The zero-order chi connectivity index (χ0) is 22.5. The van der Waals surface area contributed by atoms with Gasteiger partial charge < -0.3 is 20.7 Å². The van der Waals surface area contributed by atoms with Crippen molar-refractivity contribution in [3.8, 4) is 11.6 Å². The van der Waals surface area contributed by atoms with Crippen LogP contribution in [0.1, 0.15) is 11.4 Å².